The number of ether oxygens (including phenoxy) is 5. The molecule has 7 heteroatoms. The lowest BCUT2D eigenvalue weighted by Gasteiger charge is -2.45. The molecule has 0 radical (unpaired) electrons. The fourth-order valence-electron chi connectivity index (χ4n) is 3.43. The van der Waals surface area contributed by atoms with Crippen LogP contribution >= 0.6 is 22.6 Å². The highest BCUT2D eigenvalue weighted by atomic mass is 127. The zero-order valence-electron chi connectivity index (χ0n) is 19.1. The molecule has 5 atom stereocenters. The van der Waals surface area contributed by atoms with Crippen LogP contribution in [-0.4, -0.2) is 62.2 Å². The second-order valence-corrected chi connectivity index (χ2v) is 9.11. The van der Waals surface area contributed by atoms with Gasteiger partial charge >= 0.3 is 0 Å². The van der Waals surface area contributed by atoms with Crippen LogP contribution in [0, 0.1) is 3.57 Å². The maximum atomic E-state index is 10.1. The molecule has 6 nitrogen and oxygen atoms in total. The van der Waals surface area contributed by atoms with Crippen molar-refractivity contribution in [1.29, 1.82) is 0 Å². The average Bonchev–Trinajstić information content (AvgIpc) is 2.78. The number of benzene rings is 1. The summed E-state index contributed by atoms with van der Waals surface area (Å²) < 4.78 is 32.3. The molecule has 0 aliphatic carbocycles. The van der Waals surface area contributed by atoms with E-state index in [2.05, 4.69) is 43.4 Å². The molecule has 0 aromatic heterocycles. The van der Waals surface area contributed by atoms with Gasteiger partial charge < -0.3 is 28.8 Å². The zero-order chi connectivity index (χ0) is 22.5. The average molecular weight is 550 g/mol. The summed E-state index contributed by atoms with van der Waals surface area (Å²) in [6.07, 6.45) is 3.50. The summed E-state index contributed by atoms with van der Waals surface area (Å²) in [4.78, 5) is 0. The summed E-state index contributed by atoms with van der Waals surface area (Å²) in [7, 11) is 0. The molecule has 1 aromatic carbocycles. The predicted molar refractivity (Wildman–Crippen MR) is 129 cm³/mol. The molecule has 1 fully saturated rings. The van der Waals surface area contributed by atoms with Crippen LogP contribution in [0.5, 0.6) is 5.75 Å². The van der Waals surface area contributed by atoms with E-state index in [1.54, 1.807) is 0 Å². The van der Waals surface area contributed by atoms with E-state index < -0.39 is 24.6 Å². The third-order valence-corrected chi connectivity index (χ3v) is 5.98. The summed E-state index contributed by atoms with van der Waals surface area (Å²) in [5.41, 5.74) is 0. The maximum absolute atomic E-state index is 10.1. The number of hydrogen-bond donors (Lipinski definition) is 1. The smallest absolute Gasteiger partial charge is 0.229 e. The van der Waals surface area contributed by atoms with Gasteiger partial charge in [0.05, 0.1) is 6.61 Å². The van der Waals surface area contributed by atoms with Crippen molar-refractivity contribution in [1.82, 2.24) is 0 Å². The molecule has 1 aromatic rings. The van der Waals surface area contributed by atoms with Crippen LogP contribution in [0.3, 0.4) is 0 Å². The Labute approximate surface area is 201 Å². The first kappa shape index (κ1) is 26.8. The lowest BCUT2D eigenvalue weighted by molar-refractivity contribution is -0.303. The third-order valence-electron chi connectivity index (χ3n) is 5.26. The first-order valence-corrected chi connectivity index (χ1v) is 12.8. The van der Waals surface area contributed by atoms with Crippen molar-refractivity contribution in [3.63, 3.8) is 0 Å². The summed E-state index contributed by atoms with van der Waals surface area (Å²) in [6.45, 7) is 8.02. The number of aliphatic hydroxyl groups is 1. The van der Waals surface area contributed by atoms with Crippen LogP contribution in [0.25, 0.3) is 0 Å². The Kier molecular flexibility index (Phi) is 13.3. The quantitative estimate of drug-likeness (QED) is 0.247. The van der Waals surface area contributed by atoms with E-state index in [1.807, 2.05) is 24.3 Å². The van der Waals surface area contributed by atoms with Crippen molar-refractivity contribution < 1.29 is 28.8 Å². The molecule has 1 saturated heterocycles. The maximum Gasteiger partial charge on any atom is 0.229 e. The SMILES string of the molecule is CCCCO[C@@H]1[C@H](OCCCC)[C@@H](Oc2ccc(I)cc2)O[C@H](CO)[C@H]1OCCCC. The van der Waals surface area contributed by atoms with E-state index >= 15 is 0 Å². The van der Waals surface area contributed by atoms with Crippen LogP contribution in [0.1, 0.15) is 59.3 Å². The van der Waals surface area contributed by atoms with Crippen molar-refractivity contribution in [2.24, 2.45) is 0 Å². The molecular formula is C24H39IO6. The summed E-state index contributed by atoms with van der Waals surface area (Å²) in [5, 5.41) is 10.1. The molecular weight excluding hydrogens is 511 g/mol. The molecule has 0 bridgehead atoms. The molecule has 0 amide bonds. The van der Waals surface area contributed by atoms with Gasteiger partial charge in [0.1, 0.15) is 30.2 Å². The van der Waals surface area contributed by atoms with Crippen LogP contribution in [0.15, 0.2) is 24.3 Å². The summed E-state index contributed by atoms with van der Waals surface area (Å²) in [6, 6.07) is 7.81. The van der Waals surface area contributed by atoms with Crippen LogP contribution in [0.4, 0.5) is 0 Å². The number of halogens is 1. The Morgan fingerprint density at radius 3 is 1.84 bits per heavy atom. The lowest BCUT2D eigenvalue weighted by Crippen LogP contribution is -2.62. The van der Waals surface area contributed by atoms with Gasteiger partial charge in [0.2, 0.25) is 6.29 Å². The first-order chi connectivity index (χ1) is 15.1. The summed E-state index contributed by atoms with van der Waals surface area (Å²) in [5.74, 6) is 0.698. The zero-order valence-corrected chi connectivity index (χ0v) is 21.3. The monoisotopic (exact) mass is 550 g/mol. The minimum atomic E-state index is -0.688. The van der Waals surface area contributed by atoms with Gasteiger partial charge in [-0.15, -0.1) is 0 Å². The first-order valence-electron chi connectivity index (χ1n) is 11.7. The van der Waals surface area contributed by atoms with E-state index in [-0.39, 0.29) is 12.7 Å². The fraction of sp³-hybridized carbons (Fsp3) is 0.750. The van der Waals surface area contributed by atoms with Gasteiger partial charge in [0, 0.05) is 23.4 Å². The number of hydrogen-bond acceptors (Lipinski definition) is 6. The van der Waals surface area contributed by atoms with E-state index in [0.717, 1.165) is 42.1 Å². The molecule has 2 rings (SSSR count). The molecule has 31 heavy (non-hydrogen) atoms. The highest BCUT2D eigenvalue weighted by molar-refractivity contribution is 14.1. The molecule has 0 unspecified atom stereocenters. The Balaban J connectivity index is 2.25. The van der Waals surface area contributed by atoms with Crippen LogP contribution < -0.4 is 4.74 Å². The van der Waals surface area contributed by atoms with Gasteiger partial charge in [-0.1, -0.05) is 40.0 Å². The summed E-state index contributed by atoms with van der Waals surface area (Å²) >= 11 is 2.26. The number of aliphatic hydroxyl groups excluding tert-OH is 1. The number of unbranched alkanes of at least 4 members (excludes halogenated alkanes) is 3. The topological polar surface area (TPSA) is 66.4 Å². The highest BCUT2D eigenvalue weighted by Crippen LogP contribution is 2.31. The Morgan fingerprint density at radius 2 is 1.32 bits per heavy atom. The van der Waals surface area contributed by atoms with Crippen LogP contribution in [-0.2, 0) is 18.9 Å². The molecule has 1 aliphatic rings. The van der Waals surface area contributed by atoms with Crippen molar-refractivity contribution in [3.05, 3.63) is 27.8 Å². The van der Waals surface area contributed by atoms with E-state index in [1.165, 1.54) is 0 Å². The number of rotatable bonds is 15. The van der Waals surface area contributed by atoms with Gasteiger partial charge in [-0.25, -0.2) is 0 Å². The molecule has 0 spiro atoms. The second kappa shape index (κ2) is 15.4. The largest absolute Gasteiger partial charge is 0.462 e. The van der Waals surface area contributed by atoms with Crippen molar-refractivity contribution in [2.75, 3.05) is 26.4 Å². The second-order valence-electron chi connectivity index (χ2n) is 7.86. The highest BCUT2D eigenvalue weighted by Gasteiger charge is 2.49. The van der Waals surface area contributed by atoms with Crippen LogP contribution in [0.2, 0.25) is 0 Å². The Bertz CT molecular complexity index is 584. The lowest BCUT2D eigenvalue weighted by atomic mass is 9.98. The standard InChI is InChI=1S/C24H39IO6/c1-4-7-14-27-21-20(17-26)31-24(30-19-12-10-18(25)11-13-19)23(29-16-9-6-3)22(21)28-15-8-5-2/h10-13,20-24,26H,4-9,14-17H2,1-3H3/t20-,21-,22+,23+,24+/m1/s1. The molecule has 178 valence electrons. The van der Waals surface area contributed by atoms with E-state index in [4.69, 9.17) is 23.7 Å². The van der Waals surface area contributed by atoms with Crippen molar-refractivity contribution in [2.45, 2.75) is 90.0 Å². The third kappa shape index (κ3) is 8.78. The van der Waals surface area contributed by atoms with Crippen molar-refractivity contribution in [3.8, 4) is 5.75 Å². The molecule has 0 saturated carbocycles. The predicted octanol–water partition coefficient (Wildman–Crippen LogP) is 4.94. The van der Waals surface area contributed by atoms with Gasteiger partial charge in [-0.05, 0) is 66.1 Å². The van der Waals surface area contributed by atoms with Crippen molar-refractivity contribution >= 4 is 22.6 Å². The fourth-order valence-corrected chi connectivity index (χ4v) is 3.79. The molecule has 1 heterocycles. The van der Waals surface area contributed by atoms with E-state index in [0.29, 0.717) is 25.6 Å². The molecule has 1 N–H and O–H groups in total. The Hall–Kier alpha value is -0.450. The van der Waals surface area contributed by atoms with Gasteiger partial charge in [0.15, 0.2) is 0 Å². The molecule has 1 aliphatic heterocycles. The van der Waals surface area contributed by atoms with Gasteiger partial charge in [-0.3, -0.25) is 0 Å². The van der Waals surface area contributed by atoms with Gasteiger partial charge in [-0.2, -0.15) is 0 Å². The normalized spacial score (nSPS) is 26.2. The minimum Gasteiger partial charge on any atom is -0.462 e. The van der Waals surface area contributed by atoms with Gasteiger partial charge in [0.25, 0.3) is 0 Å². The Morgan fingerprint density at radius 1 is 0.806 bits per heavy atom. The minimum absolute atomic E-state index is 0.168. The van der Waals surface area contributed by atoms with E-state index in [9.17, 15) is 5.11 Å².